The van der Waals surface area contributed by atoms with E-state index in [4.69, 9.17) is 0 Å². The van der Waals surface area contributed by atoms with E-state index >= 15 is 0 Å². The van der Waals surface area contributed by atoms with Crippen LogP contribution in [0, 0.1) is 5.92 Å². The summed E-state index contributed by atoms with van der Waals surface area (Å²) < 4.78 is 0. The molecule has 0 radical (unpaired) electrons. The Morgan fingerprint density at radius 3 is 3.33 bits per heavy atom. The van der Waals surface area contributed by atoms with E-state index in [9.17, 15) is 0 Å². The first-order chi connectivity index (χ1) is 5.90. The Labute approximate surface area is 76.1 Å². The second-order valence-corrected chi connectivity index (χ2v) is 3.65. The van der Waals surface area contributed by atoms with Gasteiger partial charge < -0.3 is 0 Å². The van der Waals surface area contributed by atoms with Gasteiger partial charge >= 0.3 is 0 Å². The first-order valence-corrected chi connectivity index (χ1v) is 5.30. The molecule has 0 aromatic rings. The van der Waals surface area contributed by atoms with Gasteiger partial charge in [-0.05, 0) is 19.1 Å². The van der Waals surface area contributed by atoms with Crippen LogP contribution in [0.4, 0.5) is 0 Å². The lowest BCUT2D eigenvalue weighted by atomic mass is 9.99. The average molecular weight is 181 g/mol. The molecule has 3 nitrogen and oxygen atoms in total. The molecule has 2 rings (SSSR count). The monoisotopic (exact) mass is 181 g/mol. The molecule has 64 valence electrons. The predicted molar refractivity (Wildman–Crippen MR) is 54.4 cm³/mol. The number of thioether (sulfide) groups is 1. The van der Waals surface area contributed by atoms with Gasteiger partial charge in [0.1, 0.15) is 6.17 Å². The van der Waals surface area contributed by atoms with E-state index in [1.807, 2.05) is 18.7 Å². The molecule has 0 fully saturated rings. The van der Waals surface area contributed by atoms with Gasteiger partial charge in [-0.25, -0.2) is 9.98 Å². The first kappa shape index (κ1) is 7.98. The second kappa shape index (κ2) is 3.39. The summed E-state index contributed by atoms with van der Waals surface area (Å²) in [4.78, 5) is 13.0. The molecule has 2 aliphatic heterocycles. The topological polar surface area (TPSA) is 37.1 Å². The average Bonchev–Trinajstić information content (AvgIpc) is 2.17. The number of nitrogens with zero attached hydrogens (tertiary/aromatic N) is 3. The van der Waals surface area contributed by atoms with Gasteiger partial charge in [0.05, 0.1) is 0 Å². The summed E-state index contributed by atoms with van der Waals surface area (Å²) in [7, 11) is 0. The van der Waals surface area contributed by atoms with Crippen LogP contribution in [0.5, 0.6) is 0 Å². The third kappa shape index (κ3) is 1.43. The number of aliphatic imine (C=N–C) groups is 3. The summed E-state index contributed by atoms with van der Waals surface area (Å²) in [5, 5.41) is 0.857. The normalized spacial score (nSPS) is 32.9. The van der Waals surface area contributed by atoms with E-state index < -0.39 is 0 Å². The maximum absolute atomic E-state index is 4.41. The van der Waals surface area contributed by atoms with Gasteiger partial charge in [0.15, 0.2) is 5.17 Å². The van der Waals surface area contributed by atoms with Crippen LogP contribution in [0.15, 0.2) is 15.0 Å². The number of hydrogen-bond donors (Lipinski definition) is 0. The molecule has 2 heterocycles. The number of fused-ring (bicyclic) bond motifs is 1. The molecule has 0 aromatic heterocycles. The molecular weight excluding hydrogens is 170 g/mol. The van der Waals surface area contributed by atoms with Crippen molar-refractivity contribution in [3.8, 4) is 0 Å². The quantitative estimate of drug-likeness (QED) is 0.559. The zero-order valence-electron chi connectivity index (χ0n) is 6.97. The Kier molecular flexibility index (Phi) is 2.26. The molecule has 12 heavy (non-hydrogen) atoms. The van der Waals surface area contributed by atoms with Crippen molar-refractivity contribution in [3.05, 3.63) is 0 Å². The van der Waals surface area contributed by atoms with Crippen molar-refractivity contribution < 1.29 is 0 Å². The summed E-state index contributed by atoms with van der Waals surface area (Å²) in [5.74, 6) is 0.450. The molecule has 4 heteroatoms. The van der Waals surface area contributed by atoms with Crippen LogP contribution in [0.3, 0.4) is 0 Å². The van der Waals surface area contributed by atoms with E-state index in [1.54, 1.807) is 11.8 Å². The summed E-state index contributed by atoms with van der Waals surface area (Å²) >= 11 is 1.58. The third-order valence-electron chi connectivity index (χ3n) is 2.07. The fourth-order valence-corrected chi connectivity index (χ4v) is 1.78. The highest BCUT2D eigenvalue weighted by atomic mass is 32.2. The van der Waals surface area contributed by atoms with E-state index in [2.05, 4.69) is 15.0 Å². The maximum Gasteiger partial charge on any atom is 0.184 e. The van der Waals surface area contributed by atoms with Crippen molar-refractivity contribution in [1.82, 2.24) is 0 Å². The van der Waals surface area contributed by atoms with Gasteiger partial charge in [-0.3, -0.25) is 4.99 Å². The fraction of sp³-hybridized carbons (Fsp3) is 0.625. The minimum absolute atomic E-state index is 0.124. The molecule has 0 N–H and O–H groups in total. The standard InChI is InChI=1S/C8H11N3S/c1-12-8-10-5-6-3-2-4-9-7(6)11-8/h4-7H,2-3H2,1H3. The smallest absolute Gasteiger partial charge is 0.184 e. The number of amidine groups is 1. The Balaban J connectivity index is 2.19. The maximum atomic E-state index is 4.41. The van der Waals surface area contributed by atoms with Crippen LogP contribution in [-0.2, 0) is 0 Å². The van der Waals surface area contributed by atoms with Crippen LogP contribution in [-0.4, -0.2) is 30.0 Å². The zero-order valence-corrected chi connectivity index (χ0v) is 7.79. The van der Waals surface area contributed by atoms with Crippen molar-refractivity contribution in [3.63, 3.8) is 0 Å². The first-order valence-electron chi connectivity index (χ1n) is 4.08. The van der Waals surface area contributed by atoms with Crippen molar-refractivity contribution in [1.29, 1.82) is 0 Å². The highest BCUT2D eigenvalue weighted by Gasteiger charge is 2.23. The minimum atomic E-state index is 0.124. The molecule has 0 amide bonds. The Morgan fingerprint density at radius 2 is 2.50 bits per heavy atom. The zero-order chi connectivity index (χ0) is 8.39. The van der Waals surface area contributed by atoms with Crippen molar-refractivity contribution in [2.45, 2.75) is 19.0 Å². The highest BCUT2D eigenvalue weighted by molar-refractivity contribution is 8.13. The lowest BCUT2D eigenvalue weighted by molar-refractivity contribution is 0.509. The van der Waals surface area contributed by atoms with Crippen LogP contribution >= 0.6 is 11.8 Å². The van der Waals surface area contributed by atoms with E-state index in [-0.39, 0.29) is 6.17 Å². The molecule has 0 saturated carbocycles. The molecule has 2 unspecified atom stereocenters. The minimum Gasteiger partial charge on any atom is -0.270 e. The van der Waals surface area contributed by atoms with Gasteiger partial charge in [0, 0.05) is 18.3 Å². The molecule has 2 aliphatic rings. The van der Waals surface area contributed by atoms with Gasteiger partial charge in [0.25, 0.3) is 0 Å². The molecule has 0 saturated heterocycles. The summed E-state index contributed by atoms with van der Waals surface area (Å²) in [6.07, 6.45) is 8.30. The third-order valence-corrected chi connectivity index (χ3v) is 2.65. The Hall–Kier alpha value is -0.640. The van der Waals surface area contributed by atoms with Crippen molar-refractivity contribution in [2.24, 2.45) is 20.9 Å². The number of hydrogen-bond acceptors (Lipinski definition) is 4. The molecule has 0 aromatic carbocycles. The van der Waals surface area contributed by atoms with E-state index in [0.717, 1.165) is 18.0 Å². The van der Waals surface area contributed by atoms with E-state index in [1.165, 1.54) is 0 Å². The summed E-state index contributed by atoms with van der Waals surface area (Å²) in [6.45, 7) is 0. The van der Waals surface area contributed by atoms with Crippen molar-refractivity contribution >= 4 is 29.4 Å². The SMILES string of the molecule is CSC1=NC2N=CCCC2C=N1. The van der Waals surface area contributed by atoms with Crippen LogP contribution in [0.2, 0.25) is 0 Å². The van der Waals surface area contributed by atoms with Crippen molar-refractivity contribution in [2.75, 3.05) is 6.26 Å². The van der Waals surface area contributed by atoms with Gasteiger partial charge in [-0.15, -0.1) is 0 Å². The highest BCUT2D eigenvalue weighted by Crippen LogP contribution is 2.22. The molecule has 0 spiro atoms. The number of rotatable bonds is 0. The van der Waals surface area contributed by atoms with Crippen LogP contribution in [0.25, 0.3) is 0 Å². The van der Waals surface area contributed by atoms with Crippen LogP contribution < -0.4 is 0 Å². The lowest BCUT2D eigenvalue weighted by Crippen LogP contribution is -2.26. The fourth-order valence-electron chi connectivity index (χ4n) is 1.40. The van der Waals surface area contributed by atoms with Gasteiger partial charge in [-0.2, -0.15) is 0 Å². The van der Waals surface area contributed by atoms with Gasteiger partial charge in [-0.1, -0.05) is 11.8 Å². The van der Waals surface area contributed by atoms with E-state index in [0.29, 0.717) is 5.92 Å². The van der Waals surface area contributed by atoms with Crippen LogP contribution in [0.1, 0.15) is 12.8 Å². The molecule has 0 aliphatic carbocycles. The predicted octanol–water partition coefficient (Wildman–Crippen LogP) is 1.60. The van der Waals surface area contributed by atoms with Gasteiger partial charge in [0.2, 0.25) is 0 Å². The summed E-state index contributed by atoms with van der Waals surface area (Å²) in [6, 6.07) is 0. The second-order valence-electron chi connectivity index (χ2n) is 2.88. The lowest BCUT2D eigenvalue weighted by Gasteiger charge is -2.23. The Morgan fingerprint density at radius 1 is 1.58 bits per heavy atom. The molecular formula is C8H11N3S. The molecule has 2 atom stereocenters. The molecule has 0 bridgehead atoms. The largest absolute Gasteiger partial charge is 0.270 e. The summed E-state index contributed by atoms with van der Waals surface area (Å²) in [5.41, 5.74) is 0. The Bertz CT molecular complexity index is 257.